The number of carbonyl (C=O) groups is 3. The molecule has 0 bridgehead atoms. The van der Waals surface area contributed by atoms with Crippen molar-refractivity contribution in [3.05, 3.63) is 54.6 Å². The summed E-state index contributed by atoms with van der Waals surface area (Å²) in [7, 11) is 2.86. The number of ether oxygens (including phenoxy) is 4. The van der Waals surface area contributed by atoms with Gasteiger partial charge in [0.25, 0.3) is 0 Å². The van der Waals surface area contributed by atoms with E-state index in [9.17, 15) is 14.4 Å². The Kier molecular flexibility index (Phi) is 9.36. The highest BCUT2D eigenvalue weighted by Crippen LogP contribution is 2.35. The smallest absolute Gasteiger partial charge is 0.328 e. The molecule has 10 heteroatoms. The van der Waals surface area contributed by atoms with Gasteiger partial charge < -0.3 is 29.6 Å². The van der Waals surface area contributed by atoms with Gasteiger partial charge in [-0.15, -0.1) is 0 Å². The third-order valence-electron chi connectivity index (χ3n) is 7.23. The molecule has 1 saturated heterocycles. The first kappa shape index (κ1) is 30.8. The fraction of sp³-hybridized carbons (Fsp3) is 0.438. The maximum absolute atomic E-state index is 13.9. The molecule has 1 amide bonds. The minimum atomic E-state index is -1.18. The van der Waals surface area contributed by atoms with Crippen molar-refractivity contribution in [2.75, 3.05) is 27.3 Å². The largest absolute Gasteiger partial charge is 0.497 e. The number of hydrogen-bond acceptors (Lipinski definition) is 9. The molecule has 1 aliphatic rings. The Morgan fingerprint density at radius 2 is 1.79 bits per heavy atom. The predicted molar refractivity (Wildman–Crippen MR) is 158 cm³/mol. The summed E-state index contributed by atoms with van der Waals surface area (Å²) < 4.78 is 22.5. The van der Waals surface area contributed by atoms with Gasteiger partial charge in [-0.05, 0) is 45.4 Å². The second-order valence-corrected chi connectivity index (χ2v) is 11.5. The molecule has 4 unspecified atom stereocenters. The topological polar surface area (TPSA) is 130 Å². The van der Waals surface area contributed by atoms with Crippen molar-refractivity contribution in [3.63, 3.8) is 0 Å². The number of pyridine rings is 1. The average Bonchev–Trinajstić information content (AvgIpc) is 3.39. The van der Waals surface area contributed by atoms with Gasteiger partial charge in [-0.2, -0.15) is 0 Å². The van der Waals surface area contributed by atoms with Crippen molar-refractivity contribution in [1.82, 2.24) is 9.88 Å². The van der Waals surface area contributed by atoms with Crippen LogP contribution in [0.1, 0.15) is 34.1 Å². The Morgan fingerprint density at radius 1 is 1.07 bits per heavy atom. The van der Waals surface area contributed by atoms with E-state index in [1.54, 1.807) is 34.8 Å². The fourth-order valence-electron chi connectivity index (χ4n) is 5.08. The molecule has 224 valence electrons. The second-order valence-electron chi connectivity index (χ2n) is 11.5. The lowest BCUT2D eigenvalue weighted by Gasteiger charge is -2.31. The predicted octanol–water partition coefficient (Wildman–Crippen LogP) is 3.98. The molecule has 0 aliphatic carbocycles. The highest BCUT2D eigenvalue weighted by Gasteiger charge is 2.47. The molecule has 1 aliphatic heterocycles. The number of nitrogens with two attached hydrogens (primary N) is 1. The van der Waals surface area contributed by atoms with Crippen LogP contribution in [0.3, 0.4) is 0 Å². The van der Waals surface area contributed by atoms with Crippen molar-refractivity contribution >= 4 is 28.7 Å². The van der Waals surface area contributed by atoms with Crippen molar-refractivity contribution in [2.45, 2.75) is 51.9 Å². The number of amides is 1. The Labute approximate surface area is 246 Å². The van der Waals surface area contributed by atoms with Gasteiger partial charge in [0, 0.05) is 29.5 Å². The van der Waals surface area contributed by atoms with Crippen LogP contribution >= 0.6 is 0 Å². The third kappa shape index (κ3) is 6.82. The molecule has 2 N–H and O–H groups in total. The van der Waals surface area contributed by atoms with Crippen LogP contribution in [-0.2, 0) is 23.9 Å². The van der Waals surface area contributed by atoms with Gasteiger partial charge in [0.2, 0.25) is 5.91 Å². The summed E-state index contributed by atoms with van der Waals surface area (Å²) in [6.45, 7) is 7.06. The van der Waals surface area contributed by atoms with Crippen LogP contribution in [0, 0.1) is 11.8 Å². The summed E-state index contributed by atoms with van der Waals surface area (Å²) in [6.07, 6.45) is -0.390. The minimum Gasteiger partial charge on any atom is -0.497 e. The van der Waals surface area contributed by atoms with E-state index in [1.165, 1.54) is 12.0 Å². The number of methoxy groups -OCH3 is 2. The molecule has 42 heavy (non-hydrogen) atoms. The zero-order valence-electron chi connectivity index (χ0n) is 25.0. The second kappa shape index (κ2) is 12.8. The number of benzene rings is 2. The lowest BCUT2D eigenvalue weighted by molar-refractivity contribution is -0.169. The zero-order chi connectivity index (χ0) is 30.6. The van der Waals surface area contributed by atoms with Gasteiger partial charge in [-0.3, -0.25) is 9.59 Å². The van der Waals surface area contributed by atoms with Gasteiger partial charge in [0.05, 0.1) is 32.0 Å². The van der Waals surface area contributed by atoms with E-state index in [0.29, 0.717) is 22.7 Å². The summed E-state index contributed by atoms with van der Waals surface area (Å²) in [5.41, 5.74) is 7.35. The lowest BCUT2D eigenvalue weighted by atomic mass is 9.92. The highest BCUT2D eigenvalue weighted by atomic mass is 16.6. The normalized spacial score (nSPS) is 18.3. The Morgan fingerprint density at radius 3 is 2.40 bits per heavy atom. The van der Waals surface area contributed by atoms with Gasteiger partial charge in [-0.25, -0.2) is 9.78 Å². The van der Waals surface area contributed by atoms with Crippen LogP contribution in [0.2, 0.25) is 0 Å². The van der Waals surface area contributed by atoms with Crippen molar-refractivity contribution < 1.29 is 33.3 Å². The molecule has 10 nitrogen and oxygen atoms in total. The van der Waals surface area contributed by atoms with E-state index in [0.717, 1.165) is 10.9 Å². The molecule has 4 rings (SSSR count). The Hall–Kier alpha value is -4.18. The minimum absolute atomic E-state index is 0.0653. The molecule has 1 fully saturated rings. The number of esters is 2. The number of hydrogen-bond donors (Lipinski definition) is 1. The molecule has 2 heterocycles. The summed E-state index contributed by atoms with van der Waals surface area (Å²) in [6, 6.07) is 16.1. The van der Waals surface area contributed by atoms with E-state index in [1.807, 2.05) is 54.6 Å². The molecule has 0 radical (unpaired) electrons. The van der Waals surface area contributed by atoms with Crippen LogP contribution in [-0.4, -0.2) is 72.8 Å². The van der Waals surface area contributed by atoms with Crippen LogP contribution in [0.15, 0.2) is 54.6 Å². The number of aromatic nitrogens is 1. The number of likely N-dealkylation sites (tertiary alicyclic amines) is 1. The molecule has 0 spiro atoms. The average molecular weight is 578 g/mol. The summed E-state index contributed by atoms with van der Waals surface area (Å²) >= 11 is 0. The first-order valence-corrected chi connectivity index (χ1v) is 14.0. The lowest BCUT2D eigenvalue weighted by Crippen LogP contribution is -2.49. The number of carbonyl (C=O) groups excluding carboxylic acids is 3. The maximum Gasteiger partial charge on any atom is 0.328 e. The van der Waals surface area contributed by atoms with Crippen LogP contribution in [0.5, 0.6) is 11.5 Å². The first-order chi connectivity index (χ1) is 19.9. The molecule has 2 aromatic carbocycles. The van der Waals surface area contributed by atoms with E-state index in [-0.39, 0.29) is 19.5 Å². The van der Waals surface area contributed by atoms with Crippen molar-refractivity contribution in [3.8, 4) is 22.8 Å². The summed E-state index contributed by atoms with van der Waals surface area (Å²) in [5.74, 6) is -2.32. The van der Waals surface area contributed by atoms with Crippen molar-refractivity contribution in [2.24, 2.45) is 17.6 Å². The monoisotopic (exact) mass is 577 g/mol. The zero-order valence-corrected chi connectivity index (χ0v) is 25.0. The maximum atomic E-state index is 13.9. The van der Waals surface area contributed by atoms with E-state index in [2.05, 4.69) is 0 Å². The SMILES string of the molecule is COC(=O)C1CC(Oc2cc(-c3ccccc3)nc3cc(OC)ccc23)CN1C(=O)C(C(=O)OC(C)(C)C)C(C)CN. The first-order valence-electron chi connectivity index (χ1n) is 14.0. The standard InChI is InChI=1S/C32H39N3O7/c1-19(17-33)28(31(38)42-32(2,3)4)29(36)35-18-22(15-26(35)30(37)40-6)41-27-16-24(20-10-8-7-9-11-20)34-25-14-21(39-5)12-13-23(25)27/h7-14,16,19,22,26,28H,15,17-18,33H2,1-6H3. The van der Waals surface area contributed by atoms with Gasteiger partial charge >= 0.3 is 11.9 Å². The Bertz CT molecular complexity index is 1440. The summed E-state index contributed by atoms with van der Waals surface area (Å²) in [5, 5.41) is 0.748. The van der Waals surface area contributed by atoms with Gasteiger partial charge in [0.1, 0.15) is 35.2 Å². The number of rotatable bonds is 9. The molecule has 4 atom stereocenters. The van der Waals surface area contributed by atoms with Crippen LogP contribution in [0.25, 0.3) is 22.2 Å². The Balaban J connectivity index is 1.69. The third-order valence-corrected chi connectivity index (χ3v) is 7.23. The molecular weight excluding hydrogens is 538 g/mol. The number of nitrogens with zero attached hydrogens (tertiary/aromatic N) is 2. The molecule has 1 aromatic heterocycles. The van der Waals surface area contributed by atoms with Crippen LogP contribution < -0.4 is 15.2 Å². The van der Waals surface area contributed by atoms with Gasteiger partial charge in [-0.1, -0.05) is 37.3 Å². The fourth-order valence-corrected chi connectivity index (χ4v) is 5.08. The number of fused-ring (bicyclic) bond motifs is 1. The van der Waals surface area contributed by atoms with E-state index < -0.39 is 47.4 Å². The molecular formula is C32H39N3O7. The summed E-state index contributed by atoms with van der Waals surface area (Å²) in [4.78, 5) is 46.1. The van der Waals surface area contributed by atoms with E-state index >= 15 is 0 Å². The van der Waals surface area contributed by atoms with E-state index in [4.69, 9.17) is 29.7 Å². The molecule has 3 aromatic rings. The highest BCUT2D eigenvalue weighted by molar-refractivity contribution is 6.00. The van der Waals surface area contributed by atoms with Gasteiger partial charge in [0.15, 0.2) is 0 Å². The van der Waals surface area contributed by atoms with Crippen LogP contribution in [0.4, 0.5) is 0 Å². The quantitative estimate of drug-likeness (QED) is 0.296. The molecule has 0 saturated carbocycles. The van der Waals surface area contributed by atoms with Crippen molar-refractivity contribution in [1.29, 1.82) is 0 Å².